The Kier molecular flexibility index (Phi) is 2.32. The molecule has 0 radical (unpaired) electrons. The van der Waals surface area contributed by atoms with Gasteiger partial charge in [-0.25, -0.2) is 13.2 Å². The standard InChI is InChI=1S/C9H8F3N/c1-3-5-7(11)6(10)4(2)9(13)8(5)12/h3H,1,13H2,2H3. The molecule has 1 rings (SSSR count). The molecule has 0 aromatic heterocycles. The van der Waals surface area contributed by atoms with Crippen molar-refractivity contribution in [1.29, 1.82) is 0 Å². The number of rotatable bonds is 1. The van der Waals surface area contributed by atoms with Gasteiger partial charge in [0.25, 0.3) is 0 Å². The van der Waals surface area contributed by atoms with Gasteiger partial charge in [0.05, 0.1) is 11.3 Å². The van der Waals surface area contributed by atoms with Crippen molar-refractivity contribution < 1.29 is 13.2 Å². The molecule has 0 atom stereocenters. The van der Waals surface area contributed by atoms with Crippen LogP contribution in [0.3, 0.4) is 0 Å². The molecule has 0 unspecified atom stereocenters. The normalized spacial score (nSPS) is 10.2. The molecule has 1 aromatic carbocycles. The van der Waals surface area contributed by atoms with Crippen molar-refractivity contribution in [1.82, 2.24) is 0 Å². The van der Waals surface area contributed by atoms with E-state index >= 15 is 0 Å². The molecule has 1 aromatic rings. The number of anilines is 1. The van der Waals surface area contributed by atoms with Gasteiger partial charge < -0.3 is 5.73 Å². The Morgan fingerprint density at radius 2 is 1.69 bits per heavy atom. The van der Waals surface area contributed by atoms with Gasteiger partial charge in [-0.2, -0.15) is 0 Å². The van der Waals surface area contributed by atoms with Crippen molar-refractivity contribution in [3.05, 3.63) is 35.2 Å². The average Bonchev–Trinajstić information content (AvgIpc) is 2.13. The minimum Gasteiger partial charge on any atom is -0.396 e. The number of hydrogen-bond acceptors (Lipinski definition) is 1. The van der Waals surface area contributed by atoms with Crippen molar-refractivity contribution in [2.75, 3.05) is 5.73 Å². The second kappa shape index (κ2) is 3.12. The number of hydrogen-bond donors (Lipinski definition) is 1. The maximum absolute atomic E-state index is 13.1. The van der Waals surface area contributed by atoms with Crippen molar-refractivity contribution in [2.24, 2.45) is 0 Å². The maximum Gasteiger partial charge on any atom is 0.169 e. The van der Waals surface area contributed by atoms with Crippen LogP contribution in [0.1, 0.15) is 11.1 Å². The lowest BCUT2D eigenvalue weighted by Gasteiger charge is -2.07. The molecular weight excluding hydrogens is 179 g/mol. The van der Waals surface area contributed by atoms with Crippen LogP contribution in [0.15, 0.2) is 6.58 Å². The van der Waals surface area contributed by atoms with Crippen LogP contribution < -0.4 is 5.73 Å². The van der Waals surface area contributed by atoms with Gasteiger partial charge in [-0.1, -0.05) is 12.7 Å². The average molecular weight is 187 g/mol. The topological polar surface area (TPSA) is 26.0 Å². The SMILES string of the molecule is C=Cc1c(F)c(N)c(C)c(F)c1F. The Hall–Kier alpha value is -1.45. The highest BCUT2D eigenvalue weighted by molar-refractivity contribution is 5.60. The minimum absolute atomic E-state index is 0.222. The second-order valence-corrected chi connectivity index (χ2v) is 2.60. The summed E-state index contributed by atoms with van der Waals surface area (Å²) in [5.41, 5.74) is 4.07. The molecular formula is C9H8F3N. The van der Waals surface area contributed by atoms with Crippen molar-refractivity contribution in [3.8, 4) is 0 Å². The van der Waals surface area contributed by atoms with Crippen LogP contribution in [0.4, 0.5) is 18.9 Å². The summed E-state index contributed by atoms with van der Waals surface area (Å²) in [4.78, 5) is 0. The van der Waals surface area contributed by atoms with Crippen molar-refractivity contribution in [2.45, 2.75) is 6.92 Å². The number of nitrogen functional groups attached to an aromatic ring is 1. The zero-order chi connectivity index (χ0) is 10.2. The molecule has 1 nitrogen and oxygen atoms in total. The zero-order valence-electron chi connectivity index (χ0n) is 7.00. The van der Waals surface area contributed by atoms with E-state index in [9.17, 15) is 13.2 Å². The lowest BCUT2D eigenvalue weighted by Crippen LogP contribution is -2.04. The summed E-state index contributed by atoms with van der Waals surface area (Å²) in [7, 11) is 0. The minimum atomic E-state index is -1.25. The third-order valence-corrected chi connectivity index (χ3v) is 1.84. The Morgan fingerprint density at radius 1 is 1.15 bits per heavy atom. The van der Waals surface area contributed by atoms with E-state index in [4.69, 9.17) is 5.73 Å². The van der Waals surface area contributed by atoms with Gasteiger partial charge in [-0.3, -0.25) is 0 Å². The Bertz CT molecular complexity index is 343. The fourth-order valence-corrected chi connectivity index (χ4v) is 0.986. The molecule has 4 heteroatoms. The quantitative estimate of drug-likeness (QED) is 0.530. The second-order valence-electron chi connectivity index (χ2n) is 2.60. The first kappa shape index (κ1) is 9.64. The number of nitrogens with two attached hydrogens (primary N) is 1. The van der Waals surface area contributed by atoms with Gasteiger partial charge in [-0.05, 0) is 6.92 Å². The molecule has 0 heterocycles. The Labute approximate surface area is 73.7 Å². The zero-order valence-corrected chi connectivity index (χ0v) is 7.00. The van der Waals surface area contributed by atoms with Gasteiger partial charge in [0.15, 0.2) is 17.5 Å². The van der Waals surface area contributed by atoms with E-state index in [1.165, 1.54) is 6.92 Å². The van der Waals surface area contributed by atoms with Crippen LogP contribution in [-0.4, -0.2) is 0 Å². The van der Waals surface area contributed by atoms with Crippen LogP contribution in [-0.2, 0) is 0 Å². The van der Waals surface area contributed by atoms with Gasteiger partial charge in [0, 0.05) is 5.56 Å². The fraction of sp³-hybridized carbons (Fsp3) is 0.111. The van der Waals surface area contributed by atoms with E-state index in [-0.39, 0.29) is 11.3 Å². The molecule has 70 valence electrons. The first-order chi connectivity index (χ1) is 6.00. The van der Waals surface area contributed by atoms with E-state index in [1.54, 1.807) is 0 Å². The summed E-state index contributed by atoms with van der Waals surface area (Å²) in [5, 5.41) is 0. The summed E-state index contributed by atoms with van der Waals surface area (Å²) in [6.45, 7) is 4.37. The lowest BCUT2D eigenvalue weighted by molar-refractivity contribution is 0.488. The molecule has 0 fully saturated rings. The largest absolute Gasteiger partial charge is 0.396 e. The van der Waals surface area contributed by atoms with Crippen LogP contribution in [0.2, 0.25) is 0 Å². The van der Waals surface area contributed by atoms with E-state index < -0.39 is 23.0 Å². The van der Waals surface area contributed by atoms with E-state index in [2.05, 4.69) is 6.58 Å². The molecule has 0 aliphatic carbocycles. The van der Waals surface area contributed by atoms with Crippen molar-refractivity contribution in [3.63, 3.8) is 0 Å². The van der Waals surface area contributed by atoms with Gasteiger partial charge >= 0.3 is 0 Å². The van der Waals surface area contributed by atoms with Crippen LogP contribution in [0.5, 0.6) is 0 Å². The van der Waals surface area contributed by atoms with Gasteiger partial charge in [-0.15, -0.1) is 0 Å². The molecule has 0 bridgehead atoms. The van der Waals surface area contributed by atoms with Crippen LogP contribution in [0, 0.1) is 24.4 Å². The summed E-state index contributed by atoms with van der Waals surface area (Å²) in [6, 6.07) is 0. The highest BCUT2D eigenvalue weighted by Crippen LogP contribution is 2.26. The van der Waals surface area contributed by atoms with Crippen LogP contribution >= 0.6 is 0 Å². The fourth-order valence-electron chi connectivity index (χ4n) is 0.986. The molecule has 0 saturated carbocycles. The van der Waals surface area contributed by atoms with E-state index in [0.29, 0.717) is 0 Å². The molecule has 2 N–H and O–H groups in total. The van der Waals surface area contributed by atoms with E-state index in [1.807, 2.05) is 0 Å². The monoisotopic (exact) mass is 187 g/mol. The third kappa shape index (κ3) is 1.28. The van der Waals surface area contributed by atoms with Crippen LogP contribution in [0.25, 0.3) is 6.08 Å². The molecule has 0 saturated heterocycles. The summed E-state index contributed by atoms with van der Waals surface area (Å²) < 4.78 is 39.0. The Morgan fingerprint density at radius 3 is 2.15 bits per heavy atom. The lowest BCUT2D eigenvalue weighted by atomic mass is 10.1. The number of benzene rings is 1. The summed E-state index contributed by atoms with van der Waals surface area (Å²) in [5.74, 6) is -3.35. The molecule has 0 aliphatic heterocycles. The van der Waals surface area contributed by atoms with E-state index in [0.717, 1.165) is 6.08 Å². The number of halogens is 3. The summed E-state index contributed by atoms with van der Waals surface area (Å²) >= 11 is 0. The molecule has 0 aliphatic rings. The smallest absolute Gasteiger partial charge is 0.169 e. The predicted octanol–water partition coefficient (Wildman–Crippen LogP) is 2.64. The third-order valence-electron chi connectivity index (χ3n) is 1.84. The highest BCUT2D eigenvalue weighted by Gasteiger charge is 2.18. The maximum atomic E-state index is 13.1. The first-order valence-corrected chi connectivity index (χ1v) is 3.55. The summed E-state index contributed by atoms with van der Waals surface area (Å²) in [6.07, 6.45) is 0.892. The predicted molar refractivity (Wildman–Crippen MR) is 45.6 cm³/mol. The molecule has 13 heavy (non-hydrogen) atoms. The van der Waals surface area contributed by atoms with Gasteiger partial charge in [0.2, 0.25) is 0 Å². The Balaban J connectivity index is 3.66. The van der Waals surface area contributed by atoms with Gasteiger partial charge in [0.1, 0.15) is 0 Å². The molecule has 0 amide bonds. The highest BCUT2D eigenvalue weighted by atomic mass is 19.2. The van der Waals surface area contributed by atoms with Crippen molar-refractivity contribution >= 4 is 11.8 Å². The first-order valence-electron chi connectivity index (χ1n) is 3.55. The molecule has 0 spiro atoms.